The molecule has 2 fully saturated rings. The van der Waals surface area contributed by atoms with Crippen molar-refractivity contribution in [2.45, 2.75) is 31.5 Å². The van der Waals surface area contributed by atoms with E-state index in [1.165, 1.54) is 0 Å². The second kappa shape index (κ2) is 4.47. The van der Waals surface area contributed by atoms with Crippen molar-refractivity contribution in [1.82, 2.24) is 4.90 Å². The molecule has 1 aliphatic carbocycles. The van der Waals surface area contributed by atoms with Gasteiger partial charge in [-0.1, -0.05) is 0 Å². The van der Waals surface area contributed by atoms with Gasteiger partial charge in [-0.2, -0.15) is 21.6 Å². The Morgan fingerprint density at radius 1 is 1.30 bits per heavy atom. The zero-order valence-corrected chi connectivity index (χ0v) is 10.9. The maximum Gasteiger partial charge on any atom is 0.403 e. The molecule has 2 aliphatic rings. The molecule has 1 saturated carbocycles. The lowest BCUT2D eigenvalue weighted by Crippen LogP contribution is -2.52. The molecule has 1 atom stereocenters. The van der Waals surface area contributed by atoms with Crippen LogP contribution in [0.25, 0.3) is 0 Å². The van der Waals surface area contributed by atoms with Gasteiger partial charge in [0.2, 0.25) is 22.1 Å². The second-order valence-electron chi connectivity index (χ2n) is 4.83. The number of carbonyl (C=O) groups is 2. The van der Waals surface area contributed by atoms with Crippen molar-refractivity contribution in [1.29, 1.82) is 0 Å². The van der Waals surface area contributed by atoms with Crippen molar-refractivity contribution >= 4 is 27.0 Å². The summed E-state index contributed by atoms with van der Waals surface area (Å²) >= 11 is 0. The van der Waals surface area contributed by atoms with E-state index in [-0.39, 0.29) is 30.7 Å². The fourth-order valence-corrected chi connectivity index (χ4v) is 3.08. The Balaban J connectivity index is 2.37. The van der Waals surface area contributed by atoms with Gasteiger partial charge in [0.25, 0.3) is 0 Å². The van der Waals surface area contributed by atoms with Crippen LogP contribution < -0.4 is 5.73 Å². The minimum atomic E-state index is -4.72. The Morgan fingerprint density at radius 2 is 1.85 bits per heavy atom. The number of carbonyl (C=O) groups excluding carboxylic acids is 2. The van der Waals surface area contributed by atoms with Crippen molar-refractivity contribution in [3.63, 3.8) is 0 Å². The molecule has 1 saturated heterocycles. The zero-order valence-electron chi connectivity index (χ0n) is 10.1. The Morgan fingerprint density at radius 3 is 2.20 bits per heavy atom. The monoisotopic (exact) mass is 312 g/mol. The quantitative estimate of drug-likeness (QED) is 0.693. The number of primary amides is 1. The molecule has 1 aliphatic heterocycles. The number of nitrogens with two attached hydrogens (primary N) is 1. The van der Waals surface area contributed by atoms with E-state index in [1.807, 2.05) is 0 Å². The summed E-state index contributed by atoms with van der Waals surface area (Å²) in [6.45, 7) is -0.256. The maximum absolute atomic E-state index is 12.9. The van der Waals surface area contributed by atoms with E-state index in [9.17, 15) is 31.2 Å². The molecule has 2 N–H and O–H groups in total. The number of halogens is 3. The Hall–Kier alpha value is -1.58. The number of rotatable bonds is 2. The van der Waals surface area contributed by atoms with Crippen LogP contribution in [0.3, 0.4) is 0 Å². The summed E-state index contributed by atoms with van der Waals surface area (Å²) in [5.41, 5.74) is 2.53. The van der Waals surface area contributed by atoms with Crippen LogP contribution in [0.15, 0.2) is 0 Å². The average molecular weight is 312 g/mol. The molecule has 2 amide bonds. The standard InChI is InChI=1S/C10H11F3N2O4S/c11-10(12,13)9(2-3-9)8(17)15-4-1-5(20(18)19)6(15)7(14)16/h6H,1-4H2,(H2,14,16). The molecule has 10 heteroatoms. The van der Waals surface area contributed by atoms with E-state index in [4.69, 9.17) is 5.73 Å². The van der Waals surface area contributed by atoms with Crippen LogP contribution in [0, 0.1) is 5.41 Å². The van der Waals surface area contributed by atoms with Gasteiger partial charge in [-0.3, -0.25) is 9.59 Å². The van der Waals surface area contributed by atoms with Gasteiger partial charge in [0.15, 0.2) is 0 Å². The number of amides is 2. The van der Waals surface area contributed by atoms with Crippen LogP contribution in [0.4, 0.5) is 13.2 Å². The lowest BCUT2D eigenvalue weighted by molar-refractivity contribution is -0.198. The summed E-state index contributed by atoms with van der Waals surface area (Å²) < 4.78 is 60.6. The van der Waals surface area contributed by atoms with Gasteiger partial charge in [0.05, 0.1) is 4.86 Å². The highest BCUT2D eigenvalue weighted by Crippen LogP contribution is 2.59. The van der Waals surface area contributed by atoms with Gasteiger partial charge >= 0.3 is 6.18 Å². The van der Waals surface area contributed by atoms with Crippen LogP contribution in [0.2, 0.25) is 0 Å². The van der Waals surface area contributed by atoms with Gasteiger partial charge in [-0.25, -0.2) is 0 Å². The lowest BCUT2D eigenvalue weighted by Gasteiger charge is -2.28. The molecular formula is C10H11F3N2O4S. The molecular weight excluding hydrogens is 301 g/mol. The van der Waals surface area contributed by atoms with Crippen molar-refractivity contribution in [3.8, 4) is 0 Å². The summed E-state index contributed by atoms with van der Waals surface area (Å²) in [5.74, 6) is -2.41. The molecule has 0 aromatic heterocycles. The molecule has 1 heterocycles. The smallest absolute Gasteiger partial charge is 0.368 e. The Labute approximate surface area is 113 Å². The highest BCUT2D eigenvalue weighted by Gasteiger charge is 2.70. The van der Waals surface area contributed by atoms with Crippen molar-refractivity contribution in [2.24, 2.45) is 11.1 Å². The van der Waals surface area contributed by atoms with E-state index in [0.717, 1.165) is 0 Å². The number of hydrogen-bond donors (Lipinski definition) is 1. The summed E-state index contributed by atoms with van der Waals surface area (Å²) in [6, 6.07) is -1.61. The highest BCUT2D eigenvalue weighted by molar-refractivity contribution is 7.73. The Bertz CT molecular complexity index is 598. The van der Waals surface area contributed by atoms with Crippen LogP contribution in [0.5, 0.6) is 0 Å². The van der Waals surface area contributed by atoms with Crippen molar-refractivity contribution in [3.05, 3.63) is 0 Å². The molecule has 2 rings (SSSR count). The first-order chi connectivity index (χ1) is 9.12. The summed E-state index contributed by atoms with van der Waals surface area (Å²) in [7, 11) is -2.77. The molecule has 1 unspecified atom stereocenters. The maximum atomic E-state index is 12.9. The first-order valence-electron chi connectivity index (χ1n) is 5.74. The normalized spacial score (nSPS) is 24.6. The van der Waals surface area contributed by atoms with Gasteiger partial charge in [-0.05, 0) is 12.8 Å². The van der Waals surface area contributed by atoms with Crippen LogP contribution >= 0.6 is 0 Å². The first kappa shape index (κ1) is 14.8. The SMILES string of the molecule is NC(=O)C1C(=S(=O)=O)CCN1C(=O)C1(C(F)(F)F)CC1. The number of alkyl halides is 3. The van der Waals surface area contributed by atoms with Gasteiger partial charge in [0, 0.05) is 13.0 Å². The third-order valence-electron chi connectivity index (χ3n) is 3.66. The van der Waals surface area contributed by atoms with Crippen molar-refractivity contribution in [2.75, 3.05) is 6.54 Å². The second-order valence-corrected chi connectivity index (χ2v) is 5.83. The minimum absolute atomic E-state index is 0.177. The van der Waals surface area contributed by atoms with E-state index in [1.54, 1.807) is 0 Å². The predicted molar refractivity (Wildman–Crippen MR) is 61.0 cm³/mol. The molecule has 6 nitrogen and oxygen atoms in total. The fraction of sp³-hybridized carbons (Fsp3) is 0.700. The van der Waals surface area contributed by atoms with Gasteiger partial charge in [-0.15, -0.1) is 0 Å². The molecule has 0 aromatic rings. The Kier molecular flexibility index (Phi) is 3.31. The zero-order chi connectivity index (χ0) is 15.3. The fourth-order valence-electron chi connectivity index (χ4n) is 2.39. The predicted octanol–water partition coefficient (Wildman–Crippen LogP) is -0.533. The molecule has 0 bridgehead atoms. The topological polar surface area (TPSA) is 97.5 Å². The first-order valence-corrected chi connectivity index (χ1v) is 6.81. The molecule has 0 aromatic carbocycles. The van der Waals surface area contributed by atoms with Gasteiger partial charge in [0.1, 0.15) is 11.5 Å². The molecule has 0 spiro atoms. The van der Waals surface area contributed by atoms with E-state index >= 15 is 0 Å². The molecule has 20 heavy (non-hydrogen) atoms. The van der Waals surface area contributed by atoms with Crippen LogP contribution in [-0.2, 0) is 19.9 Å². The summed E-state index contributed by atoms with van der Waals surface area (Å²) in [4.78, 5) is 23.6. The van der Waals surface area contributed by atoms with Gasteiger partial charge < -0.3 is 10.6 Å². The summed E-state index contributed by atoms with van der Waals surface area (Å²) in [5, 5.41) is 0. The van der Waals surface area contributed by atoms with E-state index in [0.29, 0.717) is 4.90 Å². The minimum Gasteiger partial charge on any atom is -0.368 e. The van der Waals surface area contributed by atoms with E-state index < -0.39 is 39.7 Å². The lowest BCUT2D eigenvalue weighted by atomic mass is 10.0. The number of hydrogen-bond acceptors (Lipinski definition) is 4. The largest absolute Gasteiger partial charge is 0.403 e. The molecule has 0 radical (unpaired) electrons. The number of likely N-dealkylation sites (tertiary alicyclic amines) is 1. The van der Waals surface area contributed by atoms with Crippen LogP contribution in [0.1, 0.15) is 19.3 Å². The van der Waals surface area contributed by atoms with E-state index in [2.05, 4.69) is 0 Å². The molecule has 112 valence electrons. The third kappa shape index (κ3) is 2.07. The summed E-state index contributed by atoms with van der Waals surface area (Å²) in [6.07, 6.45) is -5.60. The van der Waals surface area contributed by atoms with Crippen molar-refractivity contribution < 1.29 is 31.2 Å². The highest BCUT2D eigenvalue weighted by atomic mass is 32.2. The van der Waals surface area contributed by atoms with Crippen LogP contribution in [-0.4, -0.2) is 48.8 Å². The average Bonchev–Trinajstić information content (AvgIpc) is 3.00. The third-order valence-corrected chi connectivity index (χ3v) is 4.52. The number of nitrogens with zero attached hydrogens (tertiary/aromatic N) is 1.